The van der Waals surface area contributed by atoms with E-state index in [9.17, 15) is 4.79 Å². The first-order valence-electron chi connectivity index (χ1n) is 7.40. The molecule has 0 aliphatic heterocycles. The smallest absolute Gasteiger partial charge is 0.230 e. The van der Waals surface area contributed by atoms with E-state index in [2.05, 4.69) is 15.3 Å². The minimum Gasteiger partial charge on any atom is -0.355 e. The van der Waals surface area contributed by atoms with E-state index in [0.717, 1.165) is 21.8 Å². The van der Waals surface area contributed by atoms with Gasteiger partial charge in [-0.25, -0.2) is 9.97 Å². The highest BCUT2D eigenvalue weighted by molar-refractivity contribution is 8.00. The summed E-state index contributed by atoms with van der Waals surface area (Å²) in [4.78, 5) is 21.4. The molecule has 0 atom stereocenters. The van der Waals surface area contributed by atoms with Crippen LogP contribution < -0.4 is 5.32 Å². The zero-order chi connectivity index (χ0) is 14.5. The van der Waals surface area contributed by atoms with Crippen molar-refractivity contribution in [1.29, 1.82) is 0 Å². The Morgan fingerprint density at radius 3 is 3.05 bits per heavy atom. The monoisotopic (exact) mass is 321 g/mol. The Kier molecular flexibility index (Phi) is 5.08. The van der Waals surface area contributed by atoms with Gasteiger partial charge < -0.3 is 5.32 Å². The lowest BCUT2D eigenvalue weighted by Gasteiger charge is -2.21. The third kappa shape index (κ3) is 3.95. The number of rotatable bonds is 5. The van der Waals surface area contributed by atoms with Crippen molar-refractivity contribution in [3.05, 3.63) is 17.8 Å². The Bertz CT molecular complexity index is 608. The fraction of sp³-hybridized carbons (Fsp3) is 0.533. The summed E-state index contributed by atoms with van der Waals surface area (Å²) in [6.07, 6.45) is 8.06. The third-order valence-electron chi connectivity index (χ3n) is 3.88. The molecule has 1 amide bonds. The van der Waals surface area contributed by atoms with Crippen LogP contribution in [0.2, 0.25) is 0 Å². The van der Waals surface area contributed by atoms with Gasteiger partial charge in [0.2, 0.25) is 5.91 Å². The second-order valence-corrected chi connectivity index (χ2v) is 7.27. The second kappa shape index (κ2) is 7.22. The van der Waals surface area contributed by atoms with Crippen molar-refractivity contribution < 1.29 is 4.79 Å². The molecule has 2 aromatic rings. The van der Waals surface area contributed by atoms with Crippen molar-refractivity contribution in [2.75, 3.05) is 12.3 Å². The van der Waals surface area contributed by atoms with E-state index < -0.39 is 0 Å². The maximum atomic E-state index is 12.0. The standard InChI is InChI=1S/C15H19N3OS2/c19-13(16-8-11-4-2-1-3-5-11)9-21-15-12-6-7-20-14(12)17-10-18-15/h6-7,10-11H,1-5,8-9H2,(H,16,19). The molecule has 2 aromatic heterocycles. The van der Waals surface area contributed by atoms with E-state index in [1.54, 1.807) is 17.7 Å². The molecule has 112 valence electrons. The molecular weight excluding hydrogens is 302 g/mol. The van der Waals surface area contributed by atoms with Crippen LogP contribution in [0.4, 0.5) is 0 Å². The number of nitrogens with zero attached hydrogens (tertiary/aromatic N) is 2. The van der Waals surface area contributed by atoms with Gasteiger partial charge in [0.15, 0.2) is 0 Å². The van der Waals surface area contributed by atoms with Crippen molar-refractivity contribution in [3.8, 4) is 0 Å². The molecule has 21 heavy (non-hydrogen) atoms. The zero-order valence-electron chi connectivity index (χ0n) is 11.9. The first-order valence-corrected chi connectivity index (χ1v) is 9.27. The number of thioether (sulfide) groups is 1. The average molecular weight is 321 g/mol. The Morgan fingerprint density at radius 1 is 1.33 bits per heavy atom. The zero-order valence-corrected chi connectivity index (χ0v) is 13.5. The van der Waals surface area contributed by atoms with E-state index in [4.69, 9.17) is 0 Å². The molecular formula is C15H19N3OS2. The Labute approximate surface area is 132 Å². The SMILES string of the molecule is O=C(CSc1ncnc2sccc12)NCC1CCCCC1. The van der Waals surface area contributed by atoms with Crippen molar-refractivity contribution in [2.45, 2.75) is 37.1 Å². The number of carbonyl (C=O) groups excluding carboxylic acids is 1. The van der Waals surface area contributed by atoms with Crippen LogP contribution in [0.3, 0.4) is 0 Å². The second-order valence-electron chi connectivity index (χ2n) is 5.42. The molecule has 4 nitrogen and oxygen atoms in total. The molecule has 1 fully saturated rings. The highest BCUT2D eigenvalue weighted by atomic mass is 32.2. The van der Waals surface area contributed by atoms with Crippen LogP contribution in [0.5, 0.6) is 0 Å². The molecule has 0 saturated heterocycles. The summed E-state index contributed by atoms with van der Waals surface area (Å²) in [5, 5.41) is 7.02. The van der Waals surface area contributed by atoms with Gasteiger partial charge in [0.25, 0.3) is 0 Å². The molecule has 6 heteroatoms. The van der Waals surface area contributed by atoms with Crippen molar-refractivity contribution in [3.63, 3.8) is 0 Å². The molecule has 0 radical (unpaired) electrons. The van der Waals surface area contributed by atoms with Crippen molar-refractivity contribution >= 4 is 39.2 Å². The number of hydrogen-bond acceptors (Lipinski definition) is 5. The molecule has 0 unspecified atom stereocenters. The summed E-state index contributed by atoms with van der Waals surface area (Å²) in [5.41, 5.74) is 0. The van der Waals surface area contributed by atoms with Gasteiger partial charge in [-0.1, -0.05) is 31.0 Å². The quantitative estimate of drug-likeness (QED) is 0.676. The van der Waals surface area contributed by atoms with Crippen LogP contribution in [-0.4, -0.2) is 28.2 Å². The Balaban J connectivity index is 1.48. The number of nitrogens with one attached hydrogen (secondary N) is 1. The van der Waals surface area contributed by atoms with Crippen LogP contribution >= 0.6 is 23.1 Å². The summed E-state index contributed by atoms with van der Waals surface area (Å²) < 4.78 is 0. The normalized spacial score (nSPS) is 16.2. The lowest BCUT2D eigenvalue weighted by atomic mass is 9.89. The minimum atomic E-state index is 0.104. The number of amides is 1. The minimum absolute atomic E-state index is 0.104. The summed E-state index contributed by atoms with van der Waals surface area (Å²) in [6.45, 7) is 0.830. The first kappa shape index (κ1) is 14.8. The summed E-state index contributed by atoms with van der Waals surface area (Å²) >= 11 is 3.09. The van der Waals surface area contributed by atoms with Crippen LogP contribution in [0, 0.1) is 5.92 Å². The number of carbonyl (C=O) groups is 1. The summed E-state index contributed by atoms with van der Waals surface area (Å²) in [7, 11) is 0. The largest absolute Gasteiger partial charge is 0.355 e. The Morgan fingerprint density at radius 2 is 2.19 bits per heavy atom. The van der Waals surface area contributed by atoms with E-state index >= 15 is 0 Å². The van der Waals surface area contributed by atoms with E-state index in [0.29, 0.717) is 11.7 Å². The molecule has 1 N–H and O–H groups in total. The summed E-state index contributed by atoms with van der Waals surface area (Å²) in [5.74, 6) is 1.21. The number of hydrogen-bond donors (Lipinski definition) is 1. The fourth-order valence-electron chi connectivity index (χ4n) is 2.72. The number of thiophene rings is 1. The Hall–Kier alpha value is -1.14. The van der Waals surface area contributed by atoms with Gasteiger partial charge in [-0.2, -0.15) is 0 Å². The predicted octanol–water partition coefficient (Wildman–Crippen LogP) is 3.48. The highest BCUT2D eigenvalue weighted by Gasteiger charge is 2.14. The van der Waals surface area contributed by atoms with Gasteiger partial charge in [0, 0.05) is 11.9 Å². The molecule has 1 saturated carbocycles. The van der Waals surface area contributed by atoms with E-state index in [1.807, 2.05) is 11.4 Å². The van der Waals surface area contributed by atoms with Gasteiger partial charge in [-0.3, -0.25) is 4.79 Å². The van der Waals surface area contributed by atoms with Crippen LogP contribution in [0.25, 0.3) is 10.2 Å². The van der Waals surface area contributed by atoms with Gasteiger partial charge in [-0.05, 0) is 30.2 Å². The van der Waals surface area contributed by atoms with Crippen LogP contribution in [0.1, 0.15) is 32.1 Å². The molecule has 0 spiro atoms. The lowest BCUT2D eigenvalue weighted by Crippen LogP contribution is -2.31. The predicted molar refractivity (Wildman–Crippen MR) is 87.7 cm³/mol. The first-order chi connectivity index (χ1) is 10.3. The third-order valence-corrected chi connectivity index (χ3v) is 5.70. The van der Waals surface area contributed by atoms with Crippen LogP contribution in [-0.2, 0) is 4.79 Å². The average Bonchev–Trinajstić information content (AvgIpc) is 3.01. The van der Waals surface area contributed by atoms with E-state index in [1.165, 1.54) is 43.9 Å². The van der Waals surface area contributed by atoms with Gasteiger partial charge in [-0.15, -0.1) is 11.3 Å². The molecule has 0 bridgehead atoms. The lowest BCUT2D eigenvalue weighted by molar-refractivity contribution is -0.118. The van der Waals surface area contributed by atoms with Gasteiger partial charge >= 0.3 is 0 Å². The number of fused-ring (bicyclic) bond motifs is 1. The maximum Gasteiger partial charge on any atom is 0.230 e. The van der Waals surface area contributed by atoms with Crippen LogP contribution in [0.15, 0.2) is 22.8 Å². The molecule has 1 aliphatic rings. The number of aromatic nitrogens is 2. The molecule has 2 heterocycles. The summed E-state index contributed by atoms with van der Waals surface area (Å²) in [6, 6.07) is 2.02. The maximum absolute atomic E-state index is 12.0. The van der Waals surface area contributed by atoms with E-state index in [-0.39, 0.29) is 5.91 Å². The molecule has 3 rings (SSSR count). The van der Waals surface area contributed by atoms with Gasteiger partial charge in [0.1, 0.15) is 16.2 Å². The molecule has 0 aromatic carbocycles. The van der Waals surface area contributed by atoms with Crippen molar-refractivity contribution in [1.82, 2.24) is 15.3 Å². The molecule has 1 aliphatic carbocycles. The van der Waals surface area contributed by atoms with Crippen molar-refractivity contribution in [2.24, 2.45) is 5.92 Å². The topological polar surface area (TPSA) is 54.9 Å². The van der Waals surface area contributed by atoms with Gasteiger partial charge in [0.05, 0.1) is 5.75 Å². The fourth-order valence-corrected chi connectivity index (χ4v) is 4.33. The highest BCUT2D eigenvalue weighted by Crippen LogP contribution is 2.27.